The second-order valence-electron chi connectivity index (χ2n) is 6.15. The smallest absolute Gasteiger partial charge is 0.260 e. The lowest BCUT2D eigenvalue weighted by atomic mass is 9.97. The fourth-order valence-electron chi connectivity index (χ4n) is 3.26. The standard InChI is InChI=1S/C17H19N3O2S/c1-10(12-6-4-8-22-12)18-9-14-19-16(21)15-11-5-2-3-7-13(11)23-17(15)20-14/h4,6,8,10,18H,2-3,5,7,9H2,1H3,(H,19,20,21)/p+1/t10-/m0/s1. The number of hydrogen-bond donors (Lipinski definition) is 2. The van der Waals surface area contributed by atoms with Crippen LogP contribution in [-0.4, -0.2) is 9.97 Å². The van der Waals surface area contributed by atoms with Gasteiger partial charge in [-0.15, -0.1) is 11.3 Å². The predicted molar refractivity (Wildman–Crippen MR) is 89.6 cm³/mol. The predicted octanol–water partition coefficient (Wildman–Crippen LogP) is 2.28. The summed E-state index contributed by atoms with van der Waals surface area (Å²) in [4.78, 5) is 22.4. The minimum atomic E-state index is 0.0171. The summed E-state index contributed by atoms with van der Waals surface area (Å²) in [6, 6.07) is 4.05. The van der Waals surface area contributed by atoms with Crippen LogP contribution >= 0.6 is 11.3 Å². The first-order valence-electron chi connectivity index (χ1n) is 8.12. The Morgan fingerprint density at radius 2 is 2.30 bits per heavy atom. The summed E-state index contributed by atoms with van der Waals surface area (Å²) in [6.07, 6.45) is 6.18. The van der Waals surface area contributed by atoms with Crippen molar-refractivity contribution in [2.45, 2.75) is 45.2 Å². The molecule has 3 heterocycles. The Balaban J connectivity index is 1.60. The number of nitrogens with zero attached hydrogens (tertiary/aromatic N) is 1. The van der Waals surface area contributed by atoms with Gasteiger partial charge in [-0.05, 0) is 50.3 Å². The minimum absolute atomic E-state index is 0.0171. The van der Waals surface area contributed by atoms with Gasteiger partial charge in [0.25, 0.3) is 5.56 Å². The van der Waals surface area contributed by atoms with Gasteiger partial charge in [0.2, 0.25) is 0 Å². The van der Waals surface area contributed by atoms with Crippen LogP contribution in [0.3, 0.4) is 0 Å². The summed E-state index contributed by atoms with van der Waals surface area (Å²) in [5.74, 6) is 1.67. The molecule has 3 N–H and O–H groups in total. The summed E-state index contributed by atoms with van der Waals surface area (Å²) in [5, 5.41) is 2.95. The van der Waals surface area contributed by atoms with Crippen LogP contribution in [0.2, 0.25) is 0 Å². The number of H-pyrrole nitrogens is 1. The lowest BCUT2D eigenvalue weighted by Gasteiger charge is -2.09. The van der Waals surface area contributed by atoms with Gasteiger partial charge in [0.15, 0.2) is 11.6 Å². The van der Waals surface area contributed by atoms with E-state index in [9.17, 15) is 4.79 Å². The van der Waals surface area contributed by atoms with Crippen LogP contribution in [0.5, 0.6) is 0 Å². The Hall–Kier alpha value is -1.92. The molecule has 5 nitrogen and oxygen atoms in total. The van der Waals surface area contributed by atoms with Crippen LogP contribution in [0, 0.1) is 0 Å². The van der Waals surface area contributed by atoms with Gasteiger partial charge in [-0.2, -0.15) is 0 Å². The number of aryl methyl sites for hydroxylation is 2. The normalized spacial score (nSPS) is 15.7. The Morgan fingerprint density at radius 3 is 3.13 bits per heavy atom. The van der Waals surface area contributed by atoms with E-state index in [0.717, 1.165) is 34.6 Å². The first kappa shape index (κ1) is 14.7. The van der Waals surface area contributed by atoms with Crippen LogP contribution in [0.25, 0.3) is 10.2 Å². The number of rotatable bonds is 4. The molecule has 1 aliphatic rings. The summed E-state index contributed by atoms with van der Waals surface area (Å²) in [5.41, 5.74) is 1.26. The average molecular weight is 330 g/mol. The zero-order chi connectivity index (χ0) is 15.8. The molecule has 23 heavy (non-hydrogen) atoms. The molecule has 3 aromatic rings. The zero-order valence-electron chi connectivity index (χ0n) is 13.1. The Morgan fingerprint density at radius 1 is 1.43 bits per heavy atom. The maximum atomic E-state index is 12.5. The van der Waals surface area contributed by atoms with Crippen molar-refractivity contribution < 1.29 is 9.73 Å². The lowest BCUT2D eigenvalue weighted by Crippen LogP contribution is -2.83. The van der Waals surface area contributed by atoms with E-state index < -0.39 is 0 Å². The largest absolute Gasteiger partial charge is 0.463 e. The molecule has 120 valence electrons. The molecule has 0 spiro atoms. The monoisotopic (exact) mass is 330 g/mol. The van der Waals surface area contributed by atoms with Crippen LogP contribution in [0.15, 0.2) is 27.6 Å². The Labute approximate surface area is 137 Å². The van der Waals surface area contributed by atoms with Gasteiger partial charge in [0.05, 0.1) is 11.6 Å². The molecule has 0 radical (unpaired) electrons. The van der Waals surface area contributed by atoms with Crippen molar-refractivity contribution >= 4 is 21.6 Å². The van der Waals surface area contributed by atoms with Crippen molar-refractivity contribution in [3.63, 3.8) is 0 Å². The second-order valence-corrected chi connectivity index (χ2v) is 7.23. The van der Waals surface area contributed by atoms with Crippen LogP contribution in [0.1, 0.15) is 47.8 Å². The number of nitrogens with one attached hydrogen (secondary N) is 1. The van der Waals surface area contributed by atoms with E-state index in [1.54, 1.807) is 17.6 Å². The molecule has 0 unspecified atom stereocenters. The third-order valence-electron chi connectivity index (χ3n) is 4.53. The molecular formula is C17H20N3O2S+. The van der Waals surface area contributed by atoms with E-state index in [1.807, 2.05) is 12.1 Å². The molecule has 0 bridgehead atoms. The number of fused-ring (bicyclic) bond motifs is 3. The molecule has 0 aliphatic heterocycles. The Bertz CT molecular complexity index is 879. The summed E-state index contributed by atoms with van der Waals surface area (Å²) >= 11 is 1.70. The fourth-order valence-corrected chi connectivity index (χ4v) is 4.54. The van der Waals surface area contributed by atoms with E-state index in [-0.39, 0.29) is 11.6 Å². The van der Waals surface area contributed by atoms with Crippen LogP contribution in [-0.2, 0) is 19.4 Å². The number of aromatic amines is 1. The molecule has 6 heteroatoms. The first-order chi connectivity index (χ1) is 11.2. The van der Waals surface area contributed by atoms with E-state index in [1.165, 1.54) is 23.3 Å². The molecule has 1 aliphatic carbocycles. The van der Waals surface area contributed by atoms with Crippen molar-refractivity contribution in [2.24, 2.45) is 0 Å². The first-order valence-corrected chi connectivity index (χ1v) is 8.94. The Kier molecular flexibility index (Phi) is 3.79. The summed E-state index contributed by atoms with van der Waals surface area (Å²) in [7, 11) is 0. The number of quaternary nitrogens is 1. The molecule has 1 atom stereocenters. The van der Waals surface area contributed by atoms with Crippen molar-refractivity contribution in [1.82, 2.24) is 9.97 Å². The van der Waals surface area contributed by atoms with Gasteiger partial charge in [0, 0.05) is 4.88 Å². The number of thiophene rings is 1. The average Bonchev–Trinajstić information content (AvgIpc) is 3.19. The number of aromatic nitrogens is 2. The van der Waals surface area contributed by atoms with Gasteiger partial charge >= 0.3 is 0 Å². The number of hydrogen-bond acceptors (Lipinski definition) is 4. The number of furan rings is 1. The lowest BCUT2D eigenvalue weighted by molar-refractivity contribution is -0.710. The third-order valence-corrected chi connectivity index (χ3v) is 5.72. The topological polar surface area (TPSA) is 75.5 Å². The zero-order valence-corrected chi connectivity index (χ0v) is 13.9. The van der Waals surface area contributed by atoms with Crippen molar-refractivity contribution in [3.8, 4) is 0 Å². The molecule has 3 aromatic heterocycles. The van der Waals surface area contributed by atoms with Gasteiger partial charge in [0.1, 0.15) is 17.4 Å². The van der Waals surface area contributed by atoms with E-state index >= 15 is 0 Å². The maximum absolute atomic E-state index is 12.5. The van der Waals surface area contributed by atoms with Gasteiger partial charge in [-0.3, -0.25) is 4.79 Å². The van der Waals surface area contributed by atoms with E-state index in [2.05, 4.69) is 17.2 Å². The van der Waals surface area contributed by atoms with Crippen LogP contribution in [0.4, 0.5) is 0 Å². The molecule has 0 amide bonds. The maximum Gasteiger partial charge on any atom is 0.260 e. The second kappa shape index (κ2) is 5.94. The van der Waals surface area contributed by atoms with Crippen molar-refractivity contribution in [2.75, 3.05) is 0 Å². The van der Waals surface area contributed by atoms with Crippen LogP contribution < -0.4 is 10.9 Å². The van der Waals surface area contributed by atoms with Crippen molar-refractivity contribution in [1.29, 1.82) is 0 Å². The summed E-state index contributed by atoms with van der Waals surface area (Å²) < 4.78 is 5.41. The SMILES string of the molecule is C[C@H]([NH2+]Cc1nc2sc3c(c2c(=O)[nH]1)CCCC3)c1ccco1. The van der Waals surface area contributed by atoms with E-state index in [0.29, 0.717) is 6.54 Å². The minimum Gasteiger partial charge on any atom is -0.463 e. The third kappa shape index (κ3) is 2.72. The van der Waals surface area contributed by atoms with Gasteiger partial charge in [-0.1, -0.05) is 0 Å². The van der Waals surface area contributed by atoms with Gasteiger partial charge in [-0.25, -0.2) is 4.98 Å². The van der Waals surface area contributed by atoms with E-state index in [4.69, 9.17) is 9.40 Å². The molecule has 0 saturated carbocycles. The van der Waals surface area contributed by atoms with Crippen molar-refractivity contribution in [3.05, 3.63) is 50.8 Å². The highest BCUT2D eigenvalue weighted by molar-refractivity contribution is 7.18. The summed E-state index contributed by atoms with van der Waals surface area (Å²) in [6.45, 7) is 2.72. The highest BCUT2D eigenvalue weighted by Gasteiger charge is 2.20. The molecule has 0 aromatic carbocycles. The quantitative estimate of drug-likeness (QED) is 0.770. The molecule has 4 rings (SSSR count). The fraction of sp³-hybridized carbons (Fsp3) is 0.412. The van der Waals surface area contributed by atoms with Gasteiger partial charge < -0.3 is 14.7 Å². The molecule has 0 fully saturated rings. The molecular weight excluding hydrogens is 310 g/mol. The number of nitrogens with two attached hydrogens (primary N) is 1. The molecule has 0 saturated heterocycles. The highest BCUT2D eigenvalue weighted by atomic mass is 32.1. The highest BCUT2D eigenvalue weighted by Crippen LogP contribution is 2.33.